The molecule has 0 fully saturated rings. The van der Waals surface area contributed by atoms with E-state index in [9.17, 15) is 14.0 Å². The first-order valence-electron chi connectivity index (χ1n) is 8.30. The van der Waals surface area contributed by atoms with Crippen LogP contribution in [0.25, 0.3) is 10.9 Å². The second-order valence-corrected chi connectivity index (χ2v) is 5.99. The fraction of sp³-hybridized carbons (Fsp3) is 0.200. The zero-order chi connectivity index (χ0) is 20.4. The fourth-order valence-corrected chi connectivity index (χ4v) is 2.97. The number of rotatable bonds is 5. The van der Waals surface area contributed by atoms with Gasteiger partial charge in [0, 0.05) is 24.6 Å². The summed E-state index contributed by atoms with van der Waals surface area (Å²) < 4.78 is 30.3. The Morgan fingerprint density at radius 3 is 2.32 bits per heavy atom. The van der Waals surface area contributed by atoms with Crippen LogP contribution in [0.4, 0.5) is 10.1 Å². The minimum absolute atomic E-state index is 0.110. The molecule has 0 aliphatic carbocycles. The molecule has 0 bridgehead atoms. The van der Waals surface area contributed by atoms with Crippen molar-refractivity contribution in [1.82, 2.24) is 4.57 Å². The molecule has 0 aliphatic heterocycles. The van der Waals surface area contributed by atoms with Crippen molar-refractivity contribution >= 4 is 28.5 Å². The number of nitrogens with zero attached hydrogens (tertiary/aromatic N) is 1. The number of aromatic nitrogens is 1. The third kappa shape index (κ3) is 3.36. The molecule has 1 aromatic heterocycles. The minimum atomic E-state index is -0.643. The lowest BCUT2D eigenvalue weighted by molar-refractivity contribution is 0.0601. The van der Waals surface area contributed by atoms with Gasteiger partial charge in [-0.25, -0.2) is 9.18 Å². The van der Waals surface area contributed by atoms with Gasteiger partial charge in [0.15, 0.2) is 11.5 Å². The summed E-state index contributed by atoms with van der Waals surface area (Å²) in [4.78, 5) is 25.0. The van der Waals surface area contributed by atoms with E-state index in [1.807, 2.05) is 0 Å². The number of amides is 1. The Hall–Kier alpha value is -3.55. The van der Waals surface area contributed by atoms with Crippen LogP contribution in [0, 0.1) is 5.82 Å². The summed E-state index contributed by atoms with van der Waals surface area (Å²) in [6.07, 6.45) is 0. The highest BCUT2D eigenvalue weighted by molar-refractivity contribution is 6.09. The van der Waals surface area contributed by atoms with Gasteiger partial charge in [0.05, 0.1) is 38.1 Å². The van der Waals surface area contributed by atoms with Gasteiger partial charge in [-0.15, -0.1) is 0 Å². The normalized spacial score (nSPS) is 10.6. The Morgan fingerprint density at radius 1 is 1.00 bits per heavy atom. The number of halogens is 1. The lowest BCUT2D eigenvalue weighted by Gasteiger charge is -2.15. The summed E-state index contributed by atoms with van der Waals surface area (Å²) in [6, 6.07) is 8.82. The predicted octanol–water partition coefficient (Wildman–Crippen LogP) is 3.37. The highest BCUT2D eigenvalue weighted by Gasteiger charge is 2.21. The van der Waals surface area contributed by atoms with E-state index in [1.165, 1.54) is 45.6 Å². The summed E-state index contributed by atoms with van der Waals surface area (Å²) >= 11 is 0. The molecule has 0 saturated carbocycles. The molecule has 3 rings (SSSR count). The summed E-state index contributed by atoms with van der Waals surface area (Å²) in [5.74, 6) is -0.856. The molecular weight excluding hydrogens is 367 g/mol. The summed E-state index contributed by atoms with van der Waals surface area (Å²) in [6.45, 7) is 0. The number of carbonyl (C=O) groups excluding carboxylic acids is 2. The van der Waals surface area contributed by atoms with Gasteiger partial charge in [-0.2, -0.15) is 0 Å². The second kappa shape index (κ2) is 7.59. The number of methoxy groups -OCH3 is 3. The SMILES string of the molecule is COC(=O)c1cc(OC)c(OC)cc1NC(=O)c1cc2ccc(F)cc2n1C. The first-order valence-corrected chi connectivity index (χ1v) is 8.30. The molecule has 28 heavy (non-hydrogen) atoms. The maximum Gasteiger partial charge on any atom is 0.340 e. The van der Waals surface area contributed by atoms with Gasteiger partial charge in [0.1, 0.15) is 11.5 Å². The number of nitrogens with one attached hydrogen (secondary N) is 1. The Morgan fingerprint density at radius 2 is 1.68 bits per heavy atom. The van der Waals surface area contributed by atoms with Gasteiger partial charge in [-0.05, 0) is 24.3 Å². The first-order chi connectivity index (χ1) is 13.4. The van der Waals surface area contributed by atoms with Gasteiger partial charge in [0.2, 0.25) is 0 Å². The van der Waals surface area contributed by atoms with Crippen molar-refractivity contribution < 1.29 is 28.2 Å². The van der Waals surface area contributed by atoms with E-state index in [2.05, 4.69) is 5.32 Å². The number of carbonyl (C=O) groups is 2. The van der Waals surface area contributed by atoms with E-state index < -0.39 is 17.7 Å². The molecule has 146 valence electrons. The fourth-order valence-electron chi connectivity index (χ4n) is 2.97. The predicted molar refractivity (Wildman–Crippen MR) is 102 cm³/mol. The highest BCUT2D eigenvalue weighted by atomic mass is 19.1. The molecule has 0 radical (unpaired) electrons. The Balaban J connectivity index is 2.04. The van der Waals surface area contributed by atoms with Gasteiger partial charge in [-0.1, -0.05) is 0 Å². The van der Waals surface area contributed by atoms with Crippen molar-refractivity contribution in [3.05, 3.63) is 53.5 Å². The number of esters is 1. The molecule has 1 N–H and O–H groups in total. The quantitative estimate of drug-likeness (QED) is 0.680. The topological polar surface area (TPSA) is 78.8 Å². The van der Waals surface area contributed by atoms with E-state index in [0.717, 1.165) is 5.39 Å². The molecule has 2 aromatic carbocycles. The van der Waals surface area contributed by atoms with Gasteiger partial charge < -0.3 is 24.1 Å². The minimum Gasteiger partial charge on any atom is -0.493 e. The third-order valence-corrected chi connectivity index (χ3v) is 4.42. The standard InChI is InChI=1S/C20H19FN2O5/c1-23-15-8-12(21)6-5-11(15)7-16(23)19(24)22-14-10-18(27-3)17(26-2)9-13(14)20(25)28-4/h5-10H,1-4H3,(H,22,24). The molecular formula is C20H19FN2O5. The number of fused-ring (bicyclic) bond motifs is 1. The van der Waals surface area contributed by atoms with Crippen LogP contribution in [-0.4, -0.2) is 37.8 Å². The van der Waals surface area contributed by atoms with Crippen LogP contribution >= 0.6 is 0 Å². The molecule has 1 amide bonds. The Bertz CT molecular complexity index is 1070. The first kappa shape index (κ1) is 19.2. The second-order valence-electron chi connectivity index (χ2n) is 5.99. The molecule has 3 aromatic rings. The van der Waals surface area contributed by atoms with Gasteiger partial charge in [-0.3, -0.25) is 4.79 Å². The number of hydrogen-bond donors (Lipinski definition) is 1. The molecule has 0 atom stereocenters. The number of benzene rings is 2. The lowest BCUT2D eigenvalue weighted by Crippen LogP contribution is -2.18. The third-order valence-electron chi connectivity index (χ3n) is 4.42. The molecule has 1 heterocycles. The van der Waals surface area contributed by atoms with Crippen molar-refractivity contribution in [1.29, 1.82) is 0 Å². The van der Waals surface area contributed by atoms with Crippen LogP contribution in [0.2, 0.25) is 0 Å². The smallest absolute Gasteiger partial charge is 0.340 e. The molecule has 8 heteroatoms. The van der Waals surface area contributed by atoms with Crippen LogP contribution in [0.5, 0.6) is 11.5 Å². The monoisotopic (exact) mass is 386 g/mol. The average molecular weight is 386 g/mol. The largest absolute Gasteiger partial charge is 0.493 e. The van der Waals surface area contributed by atoms with Crippen LogP contribution < -0.4 is 14.8 Å². The van der Waals surface area contributed by atoms with Gasteiger partial charge in [0.25, 0.3) is 5.91 Å². The summed E-state index contributed by atoms with van der Waals surface area (Å²) in [7, 11) is 5.78. The van der Waals surface area contributed by atoms with E-state index in [-0.39, 0.29) is 11.3 Å². The van der Waals surface area contributed by atoms with Crippen LogP contribution in [0.3, 0.4) is 0 Å². The van der Waals surface area contributed by atoms with Gasteiger partial charge >= 0.3 is 5.97 Å². The molecule has 0 aliphatic rings. The van der Waals surface area contributed by atoms with Crippen molar-refractivity contribution in [2.75, 3.05) is 26.6 Å². The molecule has 7 nitrogen and oxygen atoms in total. The molecule has 0 spiro atoms. The van der Waals surface area contributed by atoms with E-state index >= 15 is 0 Å². The Labute approximate surface area is 160 Å². The summed E-state index contributed by atoms with van der Waals surface area (Å²) in [5, 5.41) is 3.41. The lowest BCUT2D eigenvalue weighted by atomic mass is 10.1. The van der Waals surface area contributed by atoms with Crippen molar-refractivity contribution in [2.45, 2.75) is 0 Å². The Kier molecular flexibility index (Phi) is 5.21. The number of ether oxygens (including phenoxy) is 3. The maximum atomic E-state index is 13.5. The number of hydrogen-bond acceptors (Lipinski definition) is 5. The van der Waals surface area contributed by atoms with Crippen LogP contribution in [0.1, 0.15) is 20.8 Å². The van der Waals surface area contributed by atoms with E-state index in [0.29, 0.717) is 22.7 Å². The average Bonchev–Trinajstić information content (AvgIpc) is 3.03. The van der Waals surface area contributed by atoms with Crippen LogP contribution in [0.15, 0.2) is 36.4 Å². The van der Waals surface area contributed by atoms with Crippen molar-refractivity contribution in [3.63, 3.8) is 0 Å². The van der Waals surface area contributed by atoms with Crippen LogP contribution in [-0.2, 0) is 11.8 Å². The zero-order valence-electron chi connectivity index (χ0n) is 15.8. The van der Waals surface area contributed by atoms with Crippen molar-refractivity contribution in [3.8, 4) is 11.5 Å². The van der Waals surface area contributed by atoms with Crippen molar-refractivity contribution in [2.24, 2.45) is 7.05 Å². The molecule has 0 saturated heterocycles. The summed E-state index contributed by atoms with van der Waals surface area (Å²) in [5.41, 5.74) is 1.18. The zero-order valence-corrected chi connectivity index (χ0v) is 15.8. The number of aryl methyl sites for hydroxylation is 1. The van der Waals surface area contributed by atoms with E-state index in [1.54, 1.807) is 23.7 Å². The highest BCUT2D eigenvalue weighted by Crippen LogP contribution is 2.34. The maximum absolute atomic E-state index is 13.5. The number of anilines is 1. The van der Waals surface area contributed by atoms with E-state index in [4.69, 9.17) is 14.2 Å². The molecule has 0 unspecified atom stereocenters.